The molecule has 0 saturated carbocycles. The van der Waals surface area contributed by atoms with Crippen LogP contribution < -0.4 is 15.0 Å². The lowest BCUT2D eigenvalue weighted by Gasteiger charge is -2.26. The van der Waals surface area contributed by atoms with Crippen molar-refractivity contribution in [2.75, 3.05) is 20.8 Å². The molecule has 1 unspecified atom stereocenters. The Balaban J connectivity index is 1.66. The van der Waals surface area contributed by atoms with Gasteiger partial charge in [0.1, 0.15) is 17.1 Å². The van der Waals surface area contributed by atoms with Gasteiger partial charge >= 0.3 is 0 Å². The molecule has 6 nitrogen and oxygen atoms in total. The number of benzene rings is 1. The summed E-state index contributed by atoms with van der Waals surface area (Å²) in [6.45, 7) is 1.59. The van der Waals surface area contributed by atoms with Crippen molar-refractivity contribution in [3.8, 4) is 11.5 Å². The zero-order valence-corrected chi connectivity index (χ0v) is 15.6. The zero-order valence-electron chi connectivity index (χ0n) is 15.6. The van der Waals surface area contributed by atoms with Gasteiger partial charge in [0.25, 0.3) is 5.56 Å². The topological polar surface area (TPSA) is 56.1 Å². The van der Waals surface area contributed by atoms with Crippen LogP contribution in [0, 0.1) is 0 Å². The monoisotopic (exact) mass is 365 g/mol. The second-order valence-electron chi connectivity index (χ2n) is 6.75. The maximum absolute atomic E-state index is 12.4. The fraction of sp³-hybridized carbons (Fsp3) is 0.333. The minimum absolute atomic E-state index is 0.0506. The number of rotatable bonds is 5. The van der Waals surface area contributed by atoms with Crippen molar-refractivity contribution >= 4 is 5.65 Å². The van der Waals surface area contributed by atoms with E-state index >= 15 is 0 Å². The van der Waals surface area contributed by atoms with Gasteiger partial charge in [-0.1, -0.05) is 6.07 Å². The van der Waals surface area contributed by atoms with E-state index in [4.69, 9.17) is 9.47 Å². The highest BCUT2D eigenvalue weighted by atomic mass is 16.5. The van der Waals surface area contributed by atoms with E-state index in [-0.39, 0.29) is 11.6 Å². The van der Waals surface area contributed by atoms with Crippen LogP contribution in [-0.2, 0) is 6.54 Å². The zero-order chi connectivity index (χ0) is 18.8. The van der Waals surface area contributed by atoms with E-state index in [0.29, 0.717) is 12.2 Å². The molecule has 0 bridgehead atoms. The Labute approximate surface area is 158 Å². The maximum Gasteiger partial charge on any atom is 0.258 e. The molecule has 1 saturated heterocycles. The molecule has 27 heavy (non-hydrogen) atoms. The number of ether oxygens (including phenoxy) is 2. The van der Waals surface area contributed by atoms with Crippen LogP contribution >= 0.6 is 0 Å². The van der Waals surface area contributed by atoms with E-state index in [1.165, 1.54) is 0 Å². The molecule has 2 aromatic heterocycles. The summed E-state index contributed by atoms with van der Waals surface area (Å²) in [7, 11) is 3.36. The van der Waals surface area contributed by atoms with Crippen LogP contribution in [0.2, 0.25) is 0 Å². The lowest BCUT2D eigenvalue weighted by molar-refractivity contribution is 0.239. The highest BCUT2D eigenvalue weighted by molar-refractivity contribution is 5.43. The molecule has 0 aliphatic carbocycles. The average molecular weight is 365 g/mol. The lowest BCUT2D eigenvalue weighted by atomic mass is 10.0. The molecule has 140 valence electrons. The van der Waals surface area contributed by atoms with Crippen molar-refractivity contribution < 1.29 is 9.47 Å². The number of likely N-dealkylation sites (tertiary alicyclic amines) is 1. The second-order valence-corrected chi connectivity index (χ2v) is 6.75. The van der Waals surface area contributed by atoms with Crippen LogP contribution in [-0.4, -0.2) is 35.0 Å². The summed E-state index contributed by atoms with van der Waals surface area (Å²) in [5.41, 5.74) is 2.53. The molecule has 1 atom stereocenters. The van der Waals surface area contributed by atoms with Gasteiger partial charge in [0.15, 0.2) is 0 Å². The van der Waals surface area contributed by atoms with Gasteiger partial charge in [0, 0.05) is 30.4 Å². The number of hydrogen-bond acceptors (Lipinski definition) is 5. The average Bonchev–Trinajstić information content (AvgIpc) is 3.15. The molecule has 4 rings (SSSR count). The Hall–Kier alpha value is -2.86. The first kappa shape index (κ1) is 17.5. The van der Waals surface area contributed by atoms with Crippen LogP contribution in [0.5, 0.6) is 11.5 Å². The Morgan fingerprint density at radius 1 is 1.15 bits per heavy atom. The summed E-state index contributed by atoms with van der Waals surface area (Å²) in [6, 6.07) is 13.3. The van der Waals surface area contributed by atoms with E-state index < -0.39 is 0 Å². The smallest absolute Gasteiger partial charge is 0.258 e. The van der Waals surface area contributed by atoms with Crippen molar-refractivity contribution in [1.82, 2.24) is 14.3 Å². The van der Waals surface area contributed by atoms with Gasteiger partial charge in [-0.15, -0.1) is 0 Å². The molecule has 3 heterocycles. The van der Waals surface area contributed by atoms with Crippen molar-refractivity contribution in [2.45, 2.75) is 25.4 Å². The van der Waals surface area contributed by atoms with E-state index in [1.54, 1.807) is 30.9 Å². The molecule has 1 aromatic carbocycles. The van der Waals surface area contributed by atoms with Crippen molar-refractivity contribution in [3.05, 3.63) is 70.3 Å². The van der Waals surface area contributed by atoms with Gasteiger partial charge in [0.2, 0.25) is 0 Å². The molecule has 6 heteroatoms. The minimum atomic E-state index is -0.0506. The highest BCUT2D eigenvalue weighted by Crippen LogP contribution is 2.39. The molecule has 1 aliphatic rings. The quantitative estimate of drug-likeness (QED) is 0.696. The summed E-state index contributed by atoms with van der Waals surface area (Å²) < 4.78 is 12.5. The third kappa shape index (κ3) is 3.40. The van der Waals surface area contributed by atoms with Gasteiger partial charge in [0.05, 0.1) is 19.9 Å². The van der Waals surface area contributed by atoms with E-state index in [1.807, 2.05) is 36.4 Å². The van der Waals surface area contributed by atoms with E-state index in [0.717, 1.165) is 42.1 Å². The second kappa shape index (κ2) is 7.40. The van der Waals surface area contributed by atoms with E-state index in [9.17, 15) is 4.79 Å². The molecule has 1 fully saturated rings. The van der Waals surface area contributed by atoms with Gasteiger partial charge in [-0.3, -0.25) is 14.1 Å². The number of aromatic nitrogens is 2. The number of nitrogens with zero attached hydrogens (tertiary/aromatic N) is 3. The third-order valence-electron chi connectivity index (χ3n) is 5.15. The summed E-state index contributed by atoms with van der Waals surface area (Å²) in [5, 5.41) is 0. The molecule has 3 aromatic rings. The Morgan fingerprint density at radius 2 is 2.04 bits per heavy atom. The van der Waals surface area contributed by atoms with Gasteiger partial charge in [-0.05, 0) is 49.7 Å². The highest BCUT2D eigenvalue weighted by Gasteiger charge is 2.29. The van der Waals surface area contributed by atoms with Crippen molar-refractivity contribution in [1.29, 1.82) is 0 Å². The third-order valence-corrected chi connectivity index (χ3v) is 5.15. The van der Waals surface area contributed by atoms with E-state index in [2.05, 4.69) is 9.88 Å². The molecule has 0 radical (unpaired) electrons. The SMILES string of the molecule is COc1ccc(OC)c(C2CCCN2Cc2cc(=O)n3ccccc3n2)c1. The molecule has 0 N–H and O–H groups in total. The van der Waals surface area contributed by atoms with Crippen LogP contribution in [0.15, 0.2) is 53.5 Å². The summed E-state index contributed by atoms with van der Waals surface area (Å²) >= 11 is 0. The Kier molecular flexibility index (Phi) is 4.81. The predicted molar refractivity (Wildman–Crippen MR) is 103 cm³/mol. The van der Waals surface area contributed by atoms with Crippen LogP contribution in [0.1, 0.15) is 30.1 Å². The molecular formula is C21H23N3O3. The first-order valence-corrected chi connectivity index (χ1v) is 9.13. The van der Waals surface area contributed by atoms with Crippen LogP contribution in [0.25, 0.3) is 5.65 Å². The Morgan fingerprint density at radius 3 is 2.85 bits per heavy atom. The first-order valence-electron chi connectivity index (χ1n) is 9.13. The van der Waals surface area contributed by atoms with Crippen molar-refractivity contribution in [3.63, 3.8) is 0 Å². The molecule has 1 aliphatic heterocycles. The number of fused-ring (bicyclic) bond motifs is 1. The van der Waals surface area contributed by atoms with Crippen LogP contribution in [0.4, 0.5) is 0 Å². The first-order chi connectivity index (χ1) is 13.2. The Bertz CT molecular complexity index is 1010. The van der Waals surface area contributed by atoms with Gasteiger partial charge in [-0.2, -0.15) is 0 Å². The summed E-state index contributed by atoms with van der Waals surface area (Å²) in [5.74, 6) is 1.68. The van der Waals surface area contributed by atoms with Gasteiger partial charge in [-0.25, -0.2) is 4.98 Å². The summed E-state index contributed by atoms with van der Waals surface area (Å²) in [6.07, 6.45) is 3.88. The van der Waals surface area contributed by atoms with Gasteiger partial charge < -0.3 is 9.47 Å². The number of pyridine rings is 1. The standard InChI is InChI=1S/C21H23N3O3/c1-26-16-8-9-19(27-2)17(13-16)18-6-5-10-23(18)14-15-12-21(25)24-11-4-3-7-20(24)22-15/h3-4,7-9,11-13,18H,5-6,10,14H2,1-2H3. The van der Waals surface area contributed by atoms with Crippen LogP contribution in [0.3, 0.4) is 0 Å². The molecule has 0 amide bonds. The fourth-order valence-corrected chi connectivity index (χ4v) is 3.86. The van der Waals surface area contributed by atoms with Crippen molar-refractivity contribution in [2.24, 2.45) is 0 Å². The number of hydrogen-bond donors (Lipinski definition) is 0. The maximum atomic E-state index is 12.4. The number of methoxy groups -OCH3 is 2. The summed E-state index contributed by atoms with van der Waals surface area (Å²) in [4.78, 5) is 19.4. The lowest BCUT2D eigenvalue weighted by Crippen LogP contribution is -2.25. The molecular weight excluding hydrogens is 342 g/mol. The minimum Gasteiger partial charge on any atom is -0.497 e. The predicted octanol–water partition coefficient (Wildman–Crippen LogP) is 3.05. The molecule has 0 spiro atoms. The normalized spacial score (nSPS) is 17.3. The fourth-order valence-electron chi connectivity index (χ4n) is 3.86. The largest absolute Gasteiger partial charge is 0.497 e.